The van der Waals surface area contributed by atoms with Gasteiger partial charge in [-0.1, -0.05) is 0 Å². The van der Waals surface area contributed by atoms with Crippen LogP contribution in [-0.4, -0.2) is 48.2 Å². The van der Waals surface area contributed by atoms with Gasteiger partial charge in [0.15, 0.2) is 0 Å². The Hall–Kier alpha value is 0.390. The second kappa shape index (κ2) is 23.8. The Kier molecular flexibility index (Phi) is 24.0. The predicted molar refractivity (Wildman–Crippen MR) is 165 cm³/mol. The molecule has 208 valence electrons. The topological polar surface area (TPSA) is 3.24 Å². The zero-order chi connectivity index (χ0) is 25.5. The van der Waals surface area contributed by atoms with Crippen molar-refractivity contribution in [1.29, 1.82) is 0 Å². The van der Waals surface area contributed by atoms with Gasteiger partial charge in [0.05, 0.1) is 0 Å². The maximum atomic E-state index is 2.80. The van der Waals surface area contributed by atoms with Gasteiger partial charge in [0.2, 0.25) is 0 Å². The van der Waals surface area contributed by atoms with Gasteiger partial charge < -0.3 is 0 Å². The van der Waals surface area contributed by atoms with Crippen LogP contribution in [0.2, 0.25) is 0 Å². The first-order valence-electron chi connectivity index (χ1n) is 16.2. The SMILES string of the molecule is CCCCCCCC[PH](CCCCCCCC)(CCCCCCCC)CCN(C(C)C)C(C)C. The van der Waals surface area contributed by atoms with E-state index in [1.165, 1.54) is 122 Å². The molecule has 0 radical (unpaired) electrons. The van der Waals surface area contributed by atoms with Gasteiger partial charge in [0, 0.05) is 0 Å². The summed E-state index contributed by atoms with van der Waals surface area (Å²) in [5.74, 6) is 0. The second-order valence-corrected chi connectivity index (χ2v) is 17.2. The summed E-state index contributed by atoms with van der Waals surface area (Å²) < 4.78 is 0. The molecule has 0 heterocycles. The van der Waals surface area contributed by atoms with Crippen molar-refractivity contribution in [2.75, 3.05) is 31.2 Å². The molecule has 0 aromatic rings. The molecule has 0 amide bonds. The Morgan fingerprint density at radius 2 is 0.706 bits per heavy atom. The molecule has 1 nitrogen and oxygen atoms in total. The molecular weight excluding hydrogens is 429 g/mol. The zero-order valence-corrected chi connectivity index (χ0v) is 26.4. The molecule has 0 aliphatic rings. The van der Waals surface area contributed by atoms with Crippen molar-refractivity contribution in [3.05, 3.63) is 0 Å². The molecule has 0 spiro atoms. The summed E-state index contributed by atoms with van der Waals surface area (Å²) in [6.45, 7) is 18.0. The third-order valence-corrected chi connectivity index (χ3v) is 13.9. The first kappa shape index (κ1) is 34.4. The van der Waals surface area contributed by atoms with E-state index in [0.717, 1.165) is 0 Å². The summed E-state index contributed by atoms with van der Waals surface area (Å²) in [7, 11) is -1.20. The van der Waals surface area contributed by atoms with Gasteiger partial charge in [0.25, 0.3) is 0 Å². The normalized spacial score (nSPS) is 13.0. The van der Waals surface area contributed by atoms with Crippen molar-refractivity contribution < 1.29 is 0 Å². The standard InChI is InChI=1S/C32H70NP/c1-8-11-14-17-20-23-27-34(28-24-21-18-15-12-9-2,29-25-22-19-16-13-10-3)30-26-33(31(4)5)32(6)7/h31-32,34H,8-30H2,1-7H3. The molecule has 0 aliphatic carbocycles. The summed E-state index contributed by atoms with van der Waals surface area (Å²) in [5, 5.41) is 0. The van der Waals surface area contributed by atoms with E-state index >= 15 is 0 Å². The monoisotopic (exact) mass is 500 g/mol. The molecule has 0 N–H and O–H groups in total. The van der Waals surface area contributed by atoms with Crippen molar-refractivity contribution in [3.8, 4) is 0 Å². The van der Waals surface area contributed by atoms with Crippen LogP contribution in [0, 0.1) is 0 Å². The molecule has 0 aromatic heterocycles. The van der Waals surface area contributed by atoms with Gasteiger partial charge in [0.1, 0.15) is 0 Å². The first-order valence-corrected chi connectivity index (χ1v) is 19.0. The van der Waals surface area contributed by atoms with E-state index in [9.17, 15) is 0 Å². The fourth-order valence-electron chi connectivity index (χ4n) is 6.07. The summed E-state index contributed by atoms with van der Waals surface area (Å²) in [5.41, 5.74) is 0. The van der Waals surface area contributed by atoms with Crippen molar-refractivity contribution in [1.82, 2.24) is 4.90 Å². The molecular formula is C32H70NP. The van der Waals surface area contributed by atoms with Crippen LogP contribution in [0.15, 0.2) is 0 Å². The van der Waals surface area contributed by atoms with E-state index in [4.69, 9.17) is 0 Å². The van der Waals surface area contributed by atoms with Crippen LogP contribution in [-0.2, 0) is 0 Å². The molecule has 0 unspecified atom stereocenters. The Bertz CT molecular complexity index is 357. The van der Waals surface area contributed by atoms with Crippen LogP contribution < -0.4 is 0 Å². The van der Waals surface area contributed by atoms with Crippen LogP contribution in [0.25, 0.3) is 0 Å². The van der Waals surface area contributed by atoms with Crippen LogP contribution in [0.5, 0.6) is 0 Å². The molecule has 0 aromatic carbocycles. The van der Waals surface area contributed by atoms with Crippen LogP contribution in [0.3, 0.4) is 0 Å². The van der Waals surface area contributed by atoms with Crippen LogP contribution in [0.4, 0.5) is 0 Å². The summed E-state index contributed by atoms with van der Waals surface area (Å²) in [6, 6.07) is 1.37. The number of rotatable bonds is 26. The molecule has 0 saturated carbocycles. The van der Waals surface area contributed by atoms with E-state index in [2.05, 4.69) is 53.4 Å². The second-order valence-electron chi connectivity index (χ2n) is 12.2. The van der Waals surface area contributed by atoms with Crippen molar-refractivity contribution in [3.63, 3.8) is 0 Å². The molecule has 0 rings (SSSR count). The van der Waals surface area contributed by atoms with Gasteiger partial charge in [-0.2, -0.15) is 0 Å². The minimum absolute atomic E-state index is 0.684. The third-order valence-electron chi connectivity index (χ3n) is 8.41. The average molecular weight is 500 g/mol. The van der Waals surface area contributed by atoms with E-state index in [1.807, 2.05) is 0 Å². The van der Waals surface area contributed by atoms with Crippen molar-refractivity contribution >= 4 is 7.26 Å². The van der Waals surface area contributed by atoms with E-state index in [-0.39, 0.29) is 0 Å². The van der Waals surface area contributed by atoms with Gasteiger partial charge >= 0.3 is 219 Å². The number of hydrogen-bond donors (Lipinski definition) is 0. The molecule has 0 aliphatic heterocycles. The quantitative estimate of drug-likeness (QED) is 0.0844. The van der Waals surface area contributed by atoms with Crippen LogP contribution >= 0.6 is 7.26 Å². The fraction of sp³-hybridized carbons (Fsp3) is 1.00. The minimum atomic E-state index is -1.20. The zero-order valence-electron chi connectivity index (χ0n) is 25.4. The van der Waals surface area contributed by atoms with E-state index in [0.29, 0.717) is 12.1 Å². The fourth-order valence-corrected chi connectivity index (χ4v) is 11.3. The first-order chi connectivity index (χ1) is 16.4. The molecule has 2 heteroatoms. The Morgan fingerprint density at radius 3 is 1.00 bits per heavy atom. The van der Waals surface area contributed by atoms with E-state index in [1.54, 1.807) is 24.6 Å². The summed E-state index contributed by atoms with van der Waals surface area (Å²) >= 11 is 0. The third kappa shape index (κ3) is 18.6. The summed E-state index contributed by atoms with van der Waals surface area (Å²) in [6.07, 6.45) is 32.8. The van der Waals surface area contributed by atoms with Crippen molar-refractivity contribution in [2.24, 2.45) is 0 Å². The molecule has 0 fully saturated rings. The number of hydrogen-bond acceptors (Lipinski definition) is 1. The van der Waals surface area contributed by atoms with E-state index < -0.39 is 7.26 Å². The Balaban J connectivity index is 5.11. The van der Waals surface area contributed by atoms with Gasteiger partial charge in [-0.05, 0) is 0 Å². The summed E-state index contributed by atoms with van der Waals surface area (Å²) in [4.78, 5) is 2.80. The molecule has 34 heavy (non-hydrogen) atoms. The maximum absolute atomic E-state index is 2.80. The van der Waals surface area contributed by atoms with Crippen molar-refractivity contribution in [2.45, 2.75) is 176 Å². The Morgan fingerprint density at radius 1 is 0.412 bits per heavy atom. The predicted octanol–water partition coefficient (Wildman–Crippen LogP) is 10.9. The Labute approximate surface area is 219 Å². The van der Waals surface area contributed by atoms with Gasteiger partial charge in [-0.15, -0.1) is 0 Å². The van der Waals surface area contributed by atoms with Gasteiger partial charge in [-0.3, -0.25) is 0 Å². The van der Waals surface area contributed by atoms with Crippen LogP contribution in [0.1, 0.15) is 164 Å². The molecule has 0 saturated heterocycles. The molecule has 0 bridgehead atoms. The average Bonchev–Trinajstić information content (AvgIpc) is 2.80. The molecule has 0 atom stereocenters. The number of nitrogens with zero attached hydrogens (tertiary/aromatic N) is 1. The van der Waals surface area contributed by atoms with Gasteiger partial charge in [-0.25, -0.2) is 0 Å². The number of unbranched alkanes of at least 4 members (excludes halogenated alkanes) is 15.